The van der Waals surface area contributed by atoms with Gasteiger partial charge in [0.2, 0.25) is 0 Å². The van der Waals surface area contributed by atoms with Gasteiger partial charge >= 0.3 is 0 Å². The number of aliphatic hydroxyl groups is 1. The SMILES string of the molecule is CCN1NC(OC2c3cc(C#N)ccc3OC(C)(C)C2O)C=CC1=O. The lowest BCUT2D eigenvalue weighted by atomic mass is 9.87. The highest BCUT2D eigenvalue weighted by Gasteiger charge is 2.44. The van der Waals surface area contributed by atoms with Crippen LogP contribution in [0.15, 0.2) is 30.4 Å². The van der Waals surface area contributed by atoms with Crippen LogP contribution in [-0.4, -0.2) is 40.5 Å². The first kappa shape index (κ1) is 17.4. The molecule has 7 nitrogen and oxygen atoms in total. The second-order valence-electron chi connectivity index (χ2n) is 6.56. The number of rotatable bonds is 3. The van der Waals surface area contributed by atoms with Gasteiger partial charge in [-0.15, -0.1) is 0 Å². The minimum absolute atomic E-state index is 0.151. The number of hydrogen-bond donors (Lipinski definition) is 2. The Labute approximate surface area is 146 Å². The lowest BCUT2D eigenvalue weighted by molar-refractivity contribution is -0.165. The van der Waals surface area contributed by atoms with Crippen molar-refractivity contribution in [1.82, 2.24) is 10.4 Å². The van der Waals surface area contributed by atoms with Crippen LogP contribution in [0.5, 0.6) is 5.75 Å². The number of ether oxygens (including phenoxy) is 2. The monoisotopic (exact) mass is 343 g/mol. The molecular weight excluding hydrogens is 322 g/mol. The molecule has 0 saturated carbocycles. The highest BCUT2D eigenvalue weighted by Crippen LogP contribution is 2.42. The van der Waals surface area contributed by atoms with Gasteiger partial charge in [-0.3, -0.25) is 9.80 Å². The number of hydrazine groups is 1. The fraction of sp³-hybridized carbons (Fsp3) is 0.444. The largest absolute Gasteiger partial charge is 0.485 e. The maximum atomic E-state index is 11.7. The number of nitrogens with one attached hydrogen (secondary N) is 1. The van der Waals surface area contributed by atoms with Gasteiger partial charge in [0.15, 0.2) is 0 Å². The van der Waals surface area contributed by atoms with Crippen molar-refractivity contribution in [2.45, 2.75) is 44.8 Å². The van der Waals surface area contributed by atoms with Crippen LogP contribution in [0.25, 0.3) is 0 Å². The Hall–Kier alpha value is -2.40. The van der Waals surface area contributed by atoms with Crippen LogP contribution in [0.2, 0.25) is 0 Å². The molecule has 7 heteroatoms. The summed E-state index contributed by atoms with van der Waals surface area (Å²) >= 11 is 0. The number of fused-ring (bicyclic) bond motifs is 1. The van der Waals surface area contributed by atoms with Gasteiger partial charge < -0.3 is 14.6 Å². The van der Waals surface area contributed by atoms with Crippen LogP contribution in [-0.2, 0) is 9.53 Å². The summed E-state index contributed by atoms with van der Waals surface area (Å²) < 4.78 is 11.9. The van der Waals surface area contributed by atoms with E-state index in [9.17, 15) is 9.90 Å². The van der Waals surface area contributed by atoms with Crippen LogP contribution in [0.1, 0.15) is 38.0 Å². The van der Waals surface area contributed by atoms with Gasteiger partial charge in [-0.2, -0.15) is 10.7 Å². The van der Waals surface area contributed by atoms with Crippen LogP contribution >= 0.6 is 0 Å². The third kappa shape index (κ3) is 3.24. The van der Waals surface area contributed by atoms with Gasteiger partial charge in [-0.05, 0) is 45.0 Å². The first-order valence-corrected chi connectivity index (χ1v) is 8.18. The van der Waals surface area contributed by atoms with E-state index >= 15 is 0 Å². The van der Waals surface area contributed by atoms with E-state index in [1.165, 1.54) is 11.1 Å². The topological polar surface area (TPSA) is 94.8 Å². The number of amides is 1. The van der Waals surface area contributed by atoms with Crippen molar-refractivity contribution in [3.63, 3.8) is 0 Å². The third-order valence-electron chi connectivity index (χ3n) is 4.39. The molecule has 3 rings (SSSR count). The Morgan fingerprint density at radius 2 is 2.24 bits per heavy atom. The second-order valence-corrected chi connectivity index (χ2v) is 6.56. The summed E-state index contributed by atoms with van der Waals surface area (Å²) in [6, 6.07) is 7.12. The highest BCUT2D eigenvalue weighted by molar-refractivity contribution is 5.88. The summed E-state index contributed by atoms with van der Waals surface area (Å²) in [5.74, 6) is 0.421. The van der Waals surface area contributed by atoms with Crippen LogP contribution in [0.4, 0.5) is 0 Å². The van der Waals surface area contributed by atoms with Crippen molar-refractivity contribution in [2.24, 2.45) is 0 Å². The zero-order valence-electron chi connectivity index (χ0n) is 14.4. The maximum Gasteiger partial charge on any atom is 0.260 e. The number of benzene rings is 1. The van der Waals surface area contributed by atoms with Gasteiger partial charge in [0.05, 0.1) is 11.6 Å². The van der Waals surface area contributed by atoms with Crippen molar-refractivity contribution in [2.75, 3.05) is 6.54 Å². The molecule has 0 aromatic heterocycles. The molecule has 3 unspecified atom stereocenters. The van der Waals surface area contributed by atoms with Gasteiger partial charge in [-0.1, -0.05) is 0 Å². The quantitative estimate of drug-likeness (QED) is 0.861. The summed E-state index contributed by atoms with van der Waals surface area (Å²) in [4.78, 5) is 11.7. The summed E-state index contributed by atoms with van der Waals surface area (Å²) in [5, 5.41) is 21.3. The summed E-state index contributed by atoms with van der Waals surface area (Å²) in [7, 11) is 0. The first-order valence-electron chi connectivity index (χ1n) is 8.18. The number of nitriles is 1. The van der Waals surface area contributed by atoms with E-state index in [4.69, 9.17) is 14.7 Å². The standard InChI is InChI=1S/C18H21N3O4/c1-4-21-15(22)8-7-14(20-21)24-16-12-9-11(10-19)5-6-13(12)25-18(2,3)17(16)23/h5-9,14,16-17,20,23H,4H2,1-3H3. The van der Waals surface area contributed by atoms with Gasteiger partial charge in [-0.25, -0.2) is 0 Å². The predicted molar refractivity (Wildman–Crippen MR) is 89.1 cm³/mol. The lowest BCUT2D eigenvalue weighted by Gasteiger charge is -2.43. The fourth-order valence-corrected chi connectivity index (χ4v) is 2.96. The van der Waals surface area contributed by atoms with Crippen LogP contribution in [0, 0.1) is 11.3 Å². The number of hydrogen-bond acceptors (Lipinski definition) is 6. The molecule has 0 fully saturated rings. The van der Waals surface area contributed by atoms with E-state index in [2.05, 4.69) is 11.5 Å². The third-order valence-corrected chi connectivity index (χ3v) is 4.39. The van der Waals surface area contributed by atoms with E-state index in [0.29, 0.717) is 23.4 Å². The number of nitrogens with zero attached hydrogens (tertiary/aromatic N) is 2. The zero-order chi connectivity index (χ0) is 18.2. The highest BCUT2D eigenvalue weighted by atomic mass is 16.6. The van der Waals surface area contributed by atoms with Crippen molar-refractivity contribution in [3.8, 4) is 11.8 Å². The summed E-state index contributed by atoms with van der Waals surface area (Å²) in [6.07, 6.45) is 0.814. The number of carbonyl (C=O) groups is 1. The molecular formula is C18H21N3O4. The molecule has 2 aliphatic rings. The minimum atomic E-state index is -0.947. The van der Waals surface area contributed by atoms with E-state index in [0.717, 1.165) is 0 Å². The smallest absolute Gasteiger partial charge is 0.260 e. The molecule has 2 heterocycles. The second kappa shape index (κ2) is 6.48. The first-order chi connectivity index (χ1) is 11.9. The van der Waals surface area contributed by atoms with Crippen molar-refractivity contribution in [1.29, 1.82) is 5.26 Å². The molecule has 0 aliphatic carbocycles. The Kier molecular flexibility index (Phi) is 4.52. The molecule has 2 N–H and O–H groups in total. The van der Waals surface area contributed by atoms with Crippen molar-refractivity contribution < 1.29 is 19.4 Å². The molecule has 0 radical (unpaired) electrons. The molecule has 1 aromatic carbocycles. The molecule has 2 aliphatic heterocycles. The van der Waals surface area contributed by atoms with Crippen LogP contribution in [0.3, 0.4) is 0 Å². The molecule has 1 amide bonds. The van der Waals surface area contributed by atoms with E-state index in [1.807, 2.05) is 6.92 Å². The Bertz CT molecular complexity index is 753. The van der Waals surface area contributed by atoms with E-state index in [1.54, 1.807) is 38.1 Å². The molecule has 0 bridgehead atoms. The number of aliphatic hydroxyl groups excluding tert-OH is 1. The van der Waals surface area contributed by atoms with Crippen molar-refractivity contribution >= 4 is 5.91 Å². The Morgan fingerprint density at radius 1 is 1.48 bits per heavy atom. The molecule has 25 heavy (non-hydrogen) atoms. The Balaban J connectivity index is 1.93. The van der Waals surface area contributed by atoms with Gasteiger partial charge in [0, 0.05) is 18.2 Å². The molecule has 1 aromatic rings. The lowest BCUT2D eigenvalue weighted by Crippen LogP contribution is -2.54. The zero-order valence-corrected chi connectivity index (χ0v) is 14.4. The van der Waals surface area contributed by atoms with Crippen LogP contribution < -0.4 is 10.2 Å². The van der Waals surface area contributed by atoms with Gasteiger partial charge in [0.1, 0.15) is 29.8 Å². The maximum absolute atomic E-state index is 11.7. The molecule has 0 spiro atoms. The Morgan fingerprint density at radius 3 is 2.92 bits per heavy atom. The molecule has 132 valence electrons. The molecule has 0 saturated heterocycles. The predicted octanol–water partition coefficient (Wildman–Crippen LogP) is 1.40. The minimum Gasteiger partial charge on any atom is -0.485 e. The van der Waals surface area contributed by atoms with E-state index < -0.39 is 24.0 Å². The number of carbonyl (C=O) groups excluding carboxylic acids is 1. The fourth-order valence-electron chi connectivity index (χ4n) is 2.96. The average molecular weight is 343 g/mol. The molecule has 3 atom stereocenters. The average Bonchev–Trinajstić information content (AvgIpc) is 2.59. The van der Waals surface area contributed by atoms with Gasteiger partial charge in [0.25, 0.3) is 5.91 Å². The van der Waals surface area contributed by atoms with Crippen molar-refractivity contribution in [3.05, 3.63) is 41.5 Å². The summed E-state index contributed by atoms with van der Waals surface area (Å²) in [6.45, 7) is 5.89. The van der Waals surface area contributed by atoms with E-state index in [-0.39, 0.29) is 5.91 Å². The normalized spacial score (nSPS) is 27.4. The summed E-state index contributed by atoms with van der Waals surface area (Å²) in [5.41, 5.74) is 3.18. The number of likely N-dealkylation sites (N-methyl/N-ethyl adjacent to an activating group) is 1.